The fraction of sp³-hybridized carbons (Fsp3) is 0.684. The molecular formula is C19H32N4OS. The SMILES string of the molecule is CCCCSCCCCCn1c(C(C)OC)nc2c(N)ncc(C)c21. The molecule has 0 radical (unpaired) electrons. The van der Waals surface area contributed by atoms with E-state index in [4.69, 9.17) is 15.5 Å². The first-order valence-corrected chi connectivity index (χ1v) is 10.5. The summed E-state index contributed by atoms with van der Waals surface area (Å²) in [7, 11) is 1.72. The average molecular weight is 365 g/mol. The number of thioether (sulfide) groups is 1. The lowest BCUT2D eigenvalue weighted by molar-refractivity contribution is 0.109. The van der Waals surface area contributed by atoms with Crippen molar-refractivity contribution in [2.24, 2.45) is 0 Å². The second-order valence-corrected chi connectivity index (χ2v) is 7.77. The second-order valence-electron chi connectivity index (χ2n) is 6.55. The molecule has 0 saturated carbocycles. The van der Waals surface area contributed by atoms with Crippen molar-refractivity contribution >= 4 is 28.6 Å². The Hall–Kier alpha value is -1.27. The van der Waals surface area contributed by atoms with Crippen LogP contribution in [0.1, 0.15) is 63.4 Å². The van der Waals surface area contributed by atoms with E-state index < -0.39 is 0 Å². The van der Waals surface area contributed by atoms with E-state index in [1.54, 1.807) is 7.11 Å². The number of imidazole rings is 1. The van der Waals surface area contributed by atoms with Crippen LogP contribution in [0.5, 0.6) is 0 Å². The maximum Gasteiger partial charge on any atom is 0.151 e. The Morgan fingerprint density at radius 1 is 1.24 bits per heavy atom. The van der Waals surface area contributed by atoms with E-state index in [0.717, 1.165) is 35.4 Å². The van der Waals surface area contributed by atoms with Crippen LogP contribution in [0, 0.1) is 6.92 Å². The fourth-order valence-electron chi connectivity index (χ4n) is 2.98. The van der Waals surface area contributed by atoms with Crippen LogP contribution in [0.3, 0.4) is 0 Å². The molecule has 2 aromatic heterocycles. The number of anilines is 1. The summed E-state index contributed by atoms with van der Waals surface area (Å²) < 4.78 is 7.80. The van der Waals surface area contributed by atoms with Crippen molar-refractivity contribution < 1.29 is 4.74 Å². The highest BCUT2D eigenvalue weighted by Gasteiger charge is 2.19. The molecule has 0 aliphatic heterocycles. The minimum absolute atomic E-state index is 0.0594. The third-order valence-electron chi connectivity index (χ3n) is 4.54. The van der Waals surface area contributed by atoms with Gasteiger partial charge < -0.3 is 15.0 Å². The summed E-state index contributed by atoms with van der Waals surface area (Å²) in [6.07, 6.45) is 8.05. The topological polar surface area (TPSA) is 66.0 Å². The van der Waals surface area contributed by atoms with Gasteiger partial charge in [-0.3, -0.25) is 0 Å². The highest BCUT2D eigenvalue weighted by molar-refractivity contribution is 7.99. The van der Waals surface area contributed by atoms with Gasteiger partial charge in [-0.15, -0.1) is 0 Å². The van der Waals surface area contributed by atoms with Crippen LogP contribution in [-0.4, -0.2) is 33.2 Å². The van der Waals surface area contributed by atoms with Crippen LogP contribution in [0.4, 0.5) is 5.82 Å². The number of hydrogen-bond acceptors (Lipinski definition) is 5. The van der Waals surface area contributed by atoms with Crippen LogP contribution in [0.25, 0.3) is 11.0 Å². The molecule has 0 fully saturated rings. The van der Waals surface area contributed by atoms with Crippen LogP contribution >= 0.6 is 11.8 Å². The van der Waals surface area contributed by atoms with Crippen LogP contribution in [0.15, 0.2) is 6.20 Å². The molecule has 2 heterocycles. The van der Waals surface area contributed by atoms with Gasteiger partial charge in [0.25, 0.3) is 0 Å². The number of hydrogen-bond donors (Lipinski definition) is 1. The summed E-state index contributed by atoms with van der Waals surface area (Å²) in [5, 5.41) is 0. The number of aromatic nitrogens is 3. The Balaban J connectivity index is 2.04. The molecule has 0 saturated heterocycles. The quantitative estimate of drug-likeness (QED) is 0.584. The van der Waals surface area contributed by atoms with E-state index in [-0.39, 0.29) is 6.10 Å². The molecule has 2 rings (SSSR count). The predicted octanol–water partition coefficient (Wildman–Crippen LogP) is 4.73. The summed E-state index contributed by atoms with van der Waals surface area (Å²) in [6.45, 7) is 7.29. The van der Waals surface area contributed by atoms with Gasteiger partial charge in [0.15, 0.2) is 5.82 Å². The molecule has 0 aromatic carbocycles. The number of aryl methyl sites for hydroxylation is 2. The highest BCUT2D eigenvalue weighted by Crippen LogP contribution is 2.28. The number of fused-ring (bicyclic) bond motifs is 1. The number of pyridine rings is 1. The third-order valence-corrected chi connectivity index (χ3v) is 5.70. The van der Waals surface area contributed by atoms with Crippen molar-refractivity contribution in [2.45, 2.75) is 65.5 Å². The standard InChI is InChI=1S/C19H32N4OS/c1-5-6-11-25-12-9-7-8-10-23-17-14(2)13-21-18(20)16(17)22-19(23)15(3)24-4/h13,15H,5-12H2,1-4H3,(H2,20,21). The molecule has 1 unspecified atom stereocenters. The molecule has 0 aliphatic rings. The van der Waals surface area contributed by atoms with E-state index in [2.05, 4.69) is 35.2 Å². The highest BCUT2D eigenvalue weighted by atomic mass is 32.2. The summed E-state index contributed by atoms with van der Waals surface area (Å²) >= 11 is 2.08. The molecule has 2 aromatic rings. The monoisotopic (exact) mass is 364 g/mol. The molecule has 0 amide bonds. The zero-order valence-corrected chi connectivity index (χ0v) is 16.9. The number of nitrogens with two attached hydrogens (primary N) is 1. The van der Waals surface area contributed by atoms with Crippen molar-refractivity contribution in [1.29, 1.82) is 0 Å². The van der Waals surface area contributed by atoms with Crippen LogP contribution in [0.2, 0.25) is 0 Å². The van der Waals surface area contributed by atoms with Crippen molar-refractivity contribution in [2.75, 3.05) is 24.3 Å². The summed E-state index contributed by atoms with van der Waals surface area (Å²) in [5.74, 6) is 4.00. The molecule has 5 nitrogen and oxygen atoms in total. The molecule has 0 bridgehead atoms. The van der Waals surface area contributed by atoms with Crippen molar-refractivity contribution in [3.05, 3.63) is 17.6 Å². The Morgan fingerprint density at radius 2 is 2.00 bits per heavy atom. The Morgan fingerprint density at radius 3 is 2.72 bits per heavy atom. The lowest BCUT2D eigenvalue weighted by atomic mass is 10.2. The van der Waals surface area contributed by atoms with Crippen LogP contribution < -0.4 is 5.73 Å². The van der Waals surface area contributed by atoms with Gasteiger partial charge in [-0.2, -0.15) is 11.8 Å². The molecule has 0 aliphatic carbocycles. The van der Waals surface area contributed by atoms with Gasteiger partial charge in [0.1, 0.15) is 17.4 Å². The zero-order valence-electron chi connectivity index (χ0n) is 16.0. The van der Waals surface area contributed by atoms with E-state index in [0.29, 0.717) is 5.82 Å². The third kappa shape index (κ3) is 5.11. The van der Waals surface area contributed by atoms with E-state index in [9.17, 15) is 0 Å². The van der Waals surface area contributed by atoms with E-state index in [1.807, 2.05) is 13.1 Å². The van der Waals surface area contributed by atoms with Gasteiger partial charge in [0, 0.05) is 19.9 Å². The Kier molecular flexibility index (Phi) is 8.03. The fourth-order valence-corrected chi connectivity index (χ4v) is 4.08. The second kappa shape index (κ2) is 10.0. The molecule has 2 N–H and O–H groups in total. The van der Waals surface area contributed by atoms with Crippen molar-refractivity contribution in [3.63, 3.8) is 0 Å². The summed E-state index contributed by atoms with van der Waals surface area (Å²) in [4.78, 5) is 8.99. The predicted molar refractivity (Wildman–Crippen MR) is 108 cm³/mol. The minimum atomic E-state index is -0.0594. The van der Waals surface area contributed by atoms with Crippen LogP contribution in [-0.2, 0) is 11.3 Å². The Bertz CT molecular complexity index is 671. The normalized spacial score (nSPS) is 12.8. The Labute approximate surface area is 155 Å². The number of ether oxygens (including phenoxy) is 1. The number of nitrogens with zero attached hydrogens (tertiary/aromatic N) is 3. The molecule has 1 atom stereocenters. The van der Waals surface area contributed by atoms with Crippen molar-refractivity contribution in [1.82, 2.24) is 14.5 Å². The van der Waals surface area contributed by atoms with Gasteiger partial charge in [-0.05, 0) is 50.2 Å². The van der Waals surface area contributed by atoms with Gasteiger partial charge in [0.2, 0.25) is 0 Å². The lowest BCUT2D eigenvalue weighted by Crippen LogP contribution is -2.09. The maximum absolute atomic E-state index is 6.05. The van der Waals surface area contributed by atoms with E-state index >= 15 is 0 Å². The largest absolute Gasteiger partial charge is 0.382 e. The number of nitrogen functional groups attached to an aromatic ring is 1. The molecule has 25 heavy (non-hydrogen) atoms. The van der Waals surface area contributed by atoms with E-state index in [1.165, 1.54) is 37.2 Å². The van der Waals surface area contributed by atoms with Gasteiger partial charge in [-0.1, -0.05) is 19.8 Å². The number of methoxy groups -OCH3 is 1. The number of unbranched alkanes of at least 4 members (excludes halogenated alkanes) is 3. The van der Waals surface area contributed by atoms with Gasteiger partial charge in [0.05, 0.1) is 5.52 Å². The molecule has 0 spiro atoms. The smallest absolute Gasteiger partial charge is 0.151 e. The summed E-state index contributed by atoms with van der Waals surface area (Å²) in [5.41, 5.74) is 9.07. The first kappa shape index (κ1) is 20.0. The molecular weight excluding hydrogens is 332 g/mol. The van der Waals surface area contributed by atoms with Gasteiger partial charge in [-0.25, -0.2) is 9.97 Å². The molecule has 140 valence electrons. The number of rotatable bonds is 11. The summed E-state index contributed by atoms with van der Waals surface area (Å²) in [6, 6.07) is 0. The van der Waals surface area contributed by atoms with Gasteiger partial charge >= 0.3 is 0 Å². The minimum Gasteiger partial charge on any atom is -0.382 e. The first-order valence-electron chi connectivity index (χ1n) is 9.31. The maximum atomic E-state index is 6.05. The molecule has 6 heteroatoms. The lowest BCUT2D eigenvalue weighted by Gasteiger charge is -2.14. The van der Waals surface area contributed by atoms with Crippen molar-refractivity contribution in [3.8, 4) is 0 Å². The average Bonchev–Trinajstić information content (AvgIpc) is 3.00. The zero-order chi connectivity index (χ0) is 18.2. The first-order chi connectivity index (χ1) is 12.1.